The molecule has 95 heavy (non-hydrogen) atoms. The van der Waals surface area contributed by atoms with Gasteiger partial charge in [0.25, 0.3) is 0 Å². The fraction of sp³-hybridized carbons (Fsp3) is 0.0538. The molecule has 2 aromatic heterocycles. The van der Waals surface area contributed by atoms with Gasteiger partial charge in [-0.05, 0) is 176 Å². The van der Waals surface area contributed by atoms with Crippen molar-refractivity contribution in [2.45, 2.75) is 33.1 Å². The maximum atomic E-state index is 2.37. The lowest BCUT2D eigenvalue weighted by Gasteiger charge is -2.21. The van der Waals surface area contributed by atoms with Crippen LogP contribution in [0.1, 0.15) is 31.9 Å². The van der Waals surface area contributed by atoms with E-state index in [9.17, 15) is 0 Å². The summed E-state index contributed by atoms with van der Waals surface area (Å²) in [7, 11) is 0. The Morgan fingerprint density at radius 1 is 0.189 bits per heavy atom. The molecule has 18 aromatic rings. The quantitative estimate of drug-likeness (QED) is 0.134. The van der Waals surface area contributed by atoms with Crippen LogP contribution in [-0.2, 0) is 5.41 Å². The van der Waals surface area contributed by atoms with E-state index in [2.05, 4.69) is 377 Å². The molecule has 2 heteroatoms. The lowest BCUT2D eigenvalue weighted by molar-refractivity contribution is 0.590. The summed E-state index contributed by atoms with van der Waals surface area (Å²) in [6.45, 7) is 8.96. The predicted octanol–water partition coefficient (Wildman–Crippen LogP) is 25.8. The molecule has 0 aliphatic carbocycles. The minimum atomic E-state index is 0.118. The largest absolute Gasteiger partial charge is 0.309 e. The predicted molar refractivity (Wildman–Crippen MR) is 408 cm³/mol. The highest BCUT2D eigenvalue weighted by Gasteiger charge is 2.21. The molecular weight excluding hydrogens is 1150 g/mol. The van der Waals surface area contributed by atoms with Crippen molar-refractivity contribution < 1.29 is 0 Å². The molecule has 0 amide bonds. The summed E-state index contributed by atoms with van der Waals surface area (Å²) in [5, 5.41) is 15.4. The molecule has 0 saturated carbocycles. The number of fused-ring (bicyclic) bond motifs is 10. The van der Waals surface area contributed by atoms with Crippen molar-refractivity contribution in [1.29, 1.82) is 0 Å². The molecule has 0 aliphatic rings. The van der Waals surface area contributed by atoms with Gasteiger partial charge in [0.1, 0.15) is 0 Å². The average Bonchev–Trinajstić information content (AvgIpc) is 1.54. The molecule has 2 nitrogen and oxygen atoms in total. The van der Waals surface area contributed by atoms with Crippen LogP contribution in [0.2, 0.25) is 0 Å². The van der Waals surface area contributed by atoms with E-state index in [0.29, 0.717) is 0 Å². The van der Waals surface area contributed by atoms with Gasteiger partial charge >= 0.3 is 0 Å². The maximum absolute atomic E-state index is 2.37. The smallest absolute Gasteiger partial charge is 0.0541 e. The highest BCUT2D eigenvalue weighted by Crippen LogP contribution is 2.47. The standard InChI is InChI=1S/C48H37N.C45H31N/c1-48(2,3)36-28-24-35(25-29-36)47-42-16-6-4-14-40(42)46(41-15-5-7-17-43(41)47)34-22-20-32(21-23-34)33-26-30-37(31-27-33)49-44-18-10-8-12-38(44)39-13-9-11-19-45(39)49;1-30-18-20-33(21-19-30)44-38-12-2-4-14-40(38)45(41-15-5-3-13-39(41)44)34-24-22-31(23-25-34)32-26-28-35(29-27-32)46-42-16-8-6-10-36(42)37-11-7-9-17-43(37)46/h4-31H,1-3H3;2-29H,1H3. The molecule has 16 aromatic carbocycles. The third-order valence-electron chi connectivity index (χ3n) is 19.7. The second kappa shape index (κ2) is 23.4. The second-order valence-electron chi connectivity index (χ2n) is 26.4. The molecular formula is C93H68N2. The zero-order valence-electron chi connectivity index (χ0n) is 53.7. The van der Waals surface area contributed by atoms with Crippen LogP contribution >= 0.6 is 0 Å². The van der Waals surface area contributed by atoms with Gasteiger partial charge < -0.3 is 9.13 Å². The third kappa shape index (κ3) is 9.97. The minimum Gasteiger partial charge on any atom is -0.309 e. The minimum absolute atomic E-state index is 0.118. The molecule has 0 spiro atoms. The number of rotatable bonds is 8. The van der Waals surface area contributed by atoms with Gasteiger partial charge in [0.05, 0.1) is 22.1 Å². The number of para-hydroxylation sites is 4. The number of aromatic nitrogens is 2. The molecule has 0 saturated heterocycles. The summed E-state index contributed by atoms with van der Waals surface area (Å²) >= 11 is 0. The van der Waals surface area contributed by atoms with Gasteiger partial charge in [0.15, 0.2) is 0 Å². The molecule has 0 aliphatic heterocycles. The van der Waals surface area contributed by atoms with Crippen LogP contribution < -0.4 is 0 Å². The first-order valence-electron chi connectivity index (χ1n) is 33.1. The van der Waals surface area contributed by atoms with Crippen molar-refractivity contribution in [1.82, 2.24) is 9.13 Å². The van der Waals surface area contributed by atoms with Gasteiger partial charge in [0, 0.05) is 32.9 Å². The van der Waals surface area contributed by atoms with Gasteiger partial charge in [-0.3, -0.25) is 0 Å². The normalized spacial score (nSPS) is 11.8. The molecule has 0 atom stereocenters. The maximum Gasteiger partial charge on any atom is 0.0541 e. The van der Waals surface area contributed by atoms with E-state index in [1.807, 2.05) is 0 Å². The molecule has 450 valence electrons. The van der Waals surface area contributed by atoms with Crippen LogP contribution in [0.15, 0.2) is 340 Å². The topological polar surface area (TPSA) is 9.86 Å². The van der Waals surface area contributed by atoms with Crippen molar-refractivity contribution in [3.63, 3.8) is 0 Å². The molecule has 0 radical (unpaired) electrons. The van der Waals surface area contributed by atoms with Crippen LogP contribution in [0.4, 0.5) is 0 Å². The van der Waals surface area contributed by atoms with Crippen LogP contribution in [0, 0.1) is 6.92 Å². The Labute approximate surface area is 554 Å². The second-order valence-corrected chi connectivity index (χ2v) is 26.4. The Balaban J connectivity index is 0.000000144. The van der Waals surface area contributed by atoms with Crippen molar-refractivity contribution in [3.05, 3.63) is 351 Å². The molecule has 0 unspecified atom stereocenters. The summed E-state index contributed by atoms with van der Waals surface area (Å²) in [6.07, 6.45) is 0. The Bertz CT molecular complexity index is 5720. The van der Waals surface area contributed by atoms with Crippen molar-refractivity contribution >= 4 is 86.7 Å². The number of aryl methyl sites for hydroxylation is 1. The van der Waals surface area contributed by atoms with E-state index in [1.165, 1.54) is 176 Å². The van der Waals surface area contributed by atoms with Crippen molar-refractivity contribution in [2.24, 2.45) is 0 Å². The Hall–Kier alpha value is -11.8. The fourth-order valence-corrected chi connectivity index (χ4v) is 15.0. The van der Waals surface area contributed by atoms with E-state index in [-0.39, 0.29) is 5.41 Å². The van der Waals surface area contributed by atoms with Crippen molar-refractivity contribution in [3.8, 4) is 78.1 Å². The van der Waals surface area contributed by atoms with E-state index < -0.39 is 0 Å². The molecule has 0 N–H and O–H groups in total. The van der Waals surface area contributed by atoms with Gasteiger partial charge in [-0.25, -0.2) is 0 Å². The van der Waals surface area contributed by atoms with Gasteiger partial charge in [-0.1, -0.05) is 318 Å². The Morgan fingerprint density at radius 3 is 0.621 bits per heavy atom. The van der Waals surface area contributed by atoms with E-state index in [0.717, 1.165) is 0 Å². The summed E-state index contributed by atoms with van der Waals surface area (Å²) in [4.78, 5) is 0. The molecule has 0 fully saturated rings. The van der Waals surface area contributed by atoms with Gasteiger partial charge in [-0.2, -0.15) is 0 Å². The number of nitrogens with zero attached hydrogens (tertiary/aromatic N) is 2. The summed E-state index contributed by atoms with van der Waals surface area (Å²) < 4.78 is 4.74. The molecule has 2 heterocycles. The van der Waals surface area contributed by atoms with Crippen LogP contribution in [0.3, 0.4) is 0 Å². The number of hydrogen-bond acceptors (Lipinski definition) is 0. The zero-order chi connectivity index (χ0) is 63.7. The van der Waals surface area contributed by atoms with E-state index in [4.69, 9.17) is 0 Å². The van der Waals surface area contributed by atoms with Gasteiger partial charge in [-0.15, -0.1) is 0 Å². The van der Waals surface area contributed by atoms with Crippen LogP contribution in [0.5, 0.6) is 0 Å². The SMILES string of the molecule is CC(C)(C)c1ccc(-c2c3ccccc3c(-c3ccc(-c4ccc(-n5c6ccccc6c6ccccc65)cc4)cc3)c3ccccc23)cc1.Cc1ccc(-c2c3ccccc3c(-c3ccc(-c4ccc(-n5c6ccccc6c6ccccc65)cc4)cc3)c3ccccc23)cc1. The number of hydrogen-bond donors (Lipinski definition) is 0. The average molecular weight is 1210 g/mol. The lowest BCUT2D eigenvalue weighted by Crippen LogP contribution is -2.10. The molecule has 18 rings (SSSR count). The first-order valence-corrected chi connectivity index (χ1v) is 33.1. The molecule has 0 bridgehead atoms. The van der Waals surface area contributed by atoms with E-state index >= 15 is 0 Å². The van der Waals surface area contributed by atoms with Gasteiger partial charge in [0.2, 0.25) is 0 Å². The zero-order valence-corrected chi connectivity index (χ0v) is 53.7. The summed E-state index contributed by atoms with van der Waals surface area (Å²) in [5.74, 6) is 0. The first kappa shape index (κ1) is 57.1. The first-order chi connectivity index (χ1) is 46.7. The Morgan fingerprint density at radius 2 is 0.379 bits per heavy atom. The summed E-state index contributed by atoms with van der Waals surface area (Å²) in [6, 6.07) is 125. The van der Waals surface area contributed by atoms with Crippen molar-refractivity contribution in [2.75, 3.05) is 0 Å². The number of benzene rings is 16. The monoisotopic (exact) mass is 1210 g/mol. The van der Waals surface area contributed by atoms with E-state index in [1.54, 1.807) is 0 Å². The van der Waals surface area contributed by atoms with Crippen LogP contribution in [-0.4, -0.2) is 9.13 Å². The highest BCUT2D eigenvalue weighted by atomic mass is 15.0. The highest BCUT2D eigenvalue weighted by molar-refractivity contribution is 6.23. The fourth-order valence-electron chi connectivity index (χ4n) is 15.0. The van der Waals surface area contributed by atoms with Crippen LogP contribution in [0.25, 0.3) is 165 Å². The summed E-state index contributed by atoms with van der Waals surface area (Å²) in [5.41, 5.74) is 25.0. The Kier molecular flexibility index (Phi) is 14.0. The lowest BCUT2D eigenvalue weighted by atomic mass is 9.83. The third-order valence-corrected chi connectivity index (χ3v) is 19.7.